The third kappa shape index (κ3) is 6.52. The lowest BCUT2D eigenvalue weighted by molar-refractivity contribution is 0.776. The van der Waals surface area contributed by atoms with Crippen LogP contribution in [0, 0.1) is 5.92 Å². The Hall–Kier alpha value is -1.63. The van der Waals surface area contributed by atoms with E-state index in [2.05, 4.69) is 38.1 Å². The predicted octanol–water partition coefficient (Wildman–Crippen LogP) is 4.86. The third-order valence-electron chi connectivity index (χ3n) is 2.21. The van der Waals surface area contributed by atoms with Crippen molar-refractivity contribution < 1.29 is 0 Å². The van der Waals surface area contributed by atoms with Gasteiger partial charge in [-0.15, -0.1) is 0 Å². The Bertz CT molecular complexity index is 376. The molecule has 0 heterocycles. The molecule has 0 bridgehead atoms. The van der Waals surface area contributed by atoms with Gasteiger partial charge < -0.3 is 0 Å². The largest absolute Gasteiger partial charge is 0.262 e. The highest BCUT2D eigenvalue weighted by Crippen LogP contribution is 2.19. The molecule has 0 rings (SSSR count). The van der Waals surface area contributed by atoms with Crippen molar-refractivity contribution in [2.24, 2.45) is 10.9 Å². The van der Waals surface area contributed by atoms with Gasteiger partial charge in [-0.1, -0.05) is 57.4 Å². The Morgan fingerprint density at radius 2 is 1.76 bits per heavy atom. The van der Waals surface area contributed by atoms with Crippen LogP contribution in [0.4, 0.5) is 0 Å². The normalized spacial score (nSPS) is 13.4. The number of nitrogens with zero attached hydrogens (tertiary/aromatic N) is 1. The summed E-state index contributed by atoms with van der Waals surface area (Å²) in [7, 11) is 0. The average molecular weight is 229 g/mol. The molecular weight excluding hydrogens is 206 g/mol. The Balaban J connectivity index is 4.84. The van der Waals surface area contributed by atoms with Gasteiger partial charge in [0.2, 0.25) is 0 Å². The highest BCUT2D eigenvalue weighted by Gasteiger charge is 2.04. The van der Waals surface area contributed by atoms with Crippen molar-refractivity contribution >= 4 is 6.21 Å². The van der Waals surface area contributed by atoms with Crippen molar-refractivity contribution in [2.45, 2.75) is 27.7 Å². The van der Waals surface area contributed by atoms with Gasteiger partial charge in [0.25, 0.3) is 0 Å². The third-order valence-corrected chi connectivity index (χ3v) is 2.21. The smallest absolute Gasteiger partial charge is 0.0588 e. The van der Waals surface area contributed by atoms with Crippen LogP contribution in [-0.4, -0.2) is 6.21 Å². The van der Waals surface area contributed by atoms with E-state index in [0.29, 0.717) is 5.92 Å². The lowest BCUT2D eigenvalue weighted by Gasteiger charge is -2.09. The van der Waals surface area contributed by atoms with Crippen LogP contribution in [0.1, 0.15) is 27.7 Å². The van der Waals surface area contributed by atoms with E-state index in [1.807, 2.05) is 38.2 Å². The molecule has 0 amide bonds. The van der Waals surface area contributed by atoms with Crippen LogP contribution in [0.15, 0.2) is 65.4 Å². The highest BCUT2D eigenvalue weighted by atomic mass is 14.7. The molecule has 0 aliphatic carbocycles. The second-order valence-electron chi connectivity index (χ2n) is 4.04. The van der Waals surface area contributed by atoms with E-state index >= 15 is 0 Å². The van der Waals surface area contributed by atoms with Gasteiger partial charge >= 0.3 is 0 Å². The van der Waals surface area contributed by atoms with Gasteiger partial charge in [0.15, 0.2) is 0 Å². The highest BCUT2D eigenvalue weighted by molar-refractivity contribution is 5.57. The minimum Gasteiger partial charge on any atom is -0.262 e. The fourth-order valence-corrected chi connectivity index (χ4v) is 1.40. The maximum Gasteiger partial charge on any atom is 0.0588 e. The fraction of sp³-hybridized carbons (Fsp3) is 0.312. The molecule has 92 valence electrons. The first kappa shape index (κ1) is 15.4. The summed E-state index contributed by atoms with van der Waals surface area (Å²) >= 11 is 0. The molecule has 0 aromatic carbocycles. The van der Waals surface area contributed by atoms with Gasteiger partial charge in [-0.3, -0.25) is 4.99 Å². The monoisotopic (exact) mass is 229 g/mol. The maximum atomic E-state index is 4.22. The van der Waals surface area contributed by atoms with Gasteiger partial charge in [-0.2, -0.15) is 0 Å². The molecule has 0 fully saturated rings. The summed E-state index contributed by atoms with van der Waals surface area (Å²) in [5.41, 5.74) is 2.95. The summed E-state index contributed by atoms with van der Waals surface area (Å²) < 4.78 is 0. The average Bonchev–Trinajstić information content (AvgIpc) is 2.24. The van der Waals surface area contributed by atoms with Crippen LogP contribution in [0.2, 0.25) is 0 Å². The molecule has 0 saturated carbocycles. The molecule has 0 atom stereocenters. The summed E-state index contributed by atoms with van der Waals surface area (Å²) in [5.74, 6) is 0.408. The molecule has 17 heavy (non-hydrogen) atoms. The van der Waals surface area contributed by atoms with Crippen molar-refractivity contribution in [3.8, 4) is 0 Å². The molecule has 0 spiro atoms. The van der Waals surface area contributed by atoms with Crippen molar-refractivity contribution in [1.82, 2.24) is 0 Å². The van der Waals surface area contributed by atoms with Crippen LogP contribution in [0.3, 0.4) is 0 Å². The van der Waals surface area contributed by atoms with E-state index in [4.69, 9.17) is 0 Å². The summed E-state index contributed by atoms with van der Waals surface area (Å²) in [6, 6.07) is 0. The van der Waals surface area contributed by atoms with Gasteiger partial charge in [-0.05, 0) is 30.9 Å². The molecule has 0 N–H and O–H groups in total. The Kier molecular flexibility index (Phi) is 7.70. The van der Waals surface area contributed by atoms with E-state index < -0.39 is 0 Å². The first-order valence-electron chi connectivity index (χ1n) is 5.90. The quantitative estimate of drug-likeness (QED) is 0.455. The summed E-state index contributed by atoms with van der Waals surface area (Å²) in [6.45, 7) is 16.0. The fourth-order valence-electron chi connectivity index (χ4n) is 1.40. The van der Waals surface area contributed by atoms with E-state index in [9.17, 15) is 0 Å². The minimum absolute atomic E-state index is 0.408. The number of hydrogen-bond acceptors (Lipinski definition) is 1. The van der Waals surface area contributed by atoms with Crippen molar-refractivity contribution in [2.75, 3.05) is 0 Å². The molecule has 0 aromatic heterocycles. The van der Waals surface area contributed by atoms with Crippen LogP contribution in [0.5, 0.6) is 0 Å². The van der Waals surface area contributed by atoms with Gasteiger partial charge in [-0.25, -0.2) is 0 Å². The van der Waals surface area contributed by atoms with E-state index in [0.717, 1.165) is 16.8 Å². The Labute approximate surface area is 106 Å². The summed E-state index contributed by atoms with van der Waals surface area (Å²) in [6.07, 6.45) is 11.7. The Morgan fingerprint density at radius 1 is 1.12 bits per heavy atom. The van der Waals surface area contributed by atoms with Gasteiger partial charge in [0.05, 0.1) is 5.70 Å². The van der Waals surface area contributed by atoms with Crippen molar-refractivity contribution in [1.29, 1.82) is 0 Å². The second-order valence-corrected chi connectivity index (χ2v) is 4.04. The number of rotatable bonds is 6. The van der Waals surface area contributed by atoms with Gasteiger partial charge in [0, 0.05) is 6.21 Å². The van der Waals surface area contributed by atoms with Crippen molar-refractivity contribution in [3.63, 3.8) is 0 Å². The number of aliphatic imine (C=N–C) groups is 1. The standard InChI is InChI=1S/C16H23N/c1-7-10-14(5)11-9-12-16(13(3)4)15(6)17-8-2/h7-13H,5-6H2,1-4H3/b10-7-,11-9-,16-12-,17-8?. The predicted molar refractivity (Wildman–Crippen MR) is 79.3 cm³/mol. The van der Waals surface area contributed by atoms with Crippen LogP contribution in [0.25, 0.3) is 0 Å². The summed E-state index contributed by atoms with van der Waals surface area (Å²) in [4.78, 5) is 4.22. The molecule has 0 aliphatic heterocycles. The van der Waals surface area contributed by atoms with E-state index in [-0.39, 0.29) is 0 Å². The first-order chi connectivity index (χ1) is 8.02. The van der Waals surface area contributed by atoms with Crippen LogP contribution >= 0.6 is 0 Å². The van der Waals surface area contributed by atoms with Crippen LogP contribution < -0.4 is 0 Å². The van der Waals surface area contributed by atoms with Crippen molar-refractivity contribution in [3.05, 3.63) is 60.4 Å². The molecule has 0 aliphatic rings. The SMILES string of the molecule is C=C(/C=C\C)/C=C\C=C(/C(=C)N=CC)C(C)C. The first-order valence-corrected chi connectivity index (χ1v) is 5.90. The topological polar surface area (TPSA) is 12.4 Å². The molecule has 1 nitrogen and oxygen atoms in total. The van der Waals surface area contributed by atoms with Crippen LogP contribution in [-0.2, 0) is 0 Å². The molecule has 0 aromatic rings. The number of hydrogen-bond donors (Lipinski definition) is 0. The molecule has 0 unspecified atom stereocenters. The van der Waals surface area contributed by atoms with E-state index in [1.54, 1.807) is 6.21 Å². The second kappa shape index (κ2) is 8.51. The molecule has 0 saturated heterocycles. The zero-order valence-corrected chi connectivity index (χ0v) is 11.4. The maximum absolute atomic E-state index is 4.22. The number of allylic oxidation sites excluding steroid dienone is 7. The molecule has 0 radical (unpaired) electrons. The van der Waals surface area contributed by atoms with E-state index in [1.165, 1.54) is 0 Å². The lowest BCUT2D eigenvalue weighted by Crippen LogP contribution is -1.95. The minimum atomic E-state index is 0.408. The zero-order chi connectivity index (χ0) is 13.3. The lowest BCUT2D eigenvalue weighted by atomic mass is 10.00. The molecular formula is C16H23N. The molecule has 1 heteroatoms. The van der Waals surface area contributed by atoms with Gasteiger partial charge in [0.1, 0.15) is 0 Å². The Morgan fingerprint density at radius 3 is 2.24 bits per heavy atom. The zero-order valence-electron chi connectivity index (χ0n) is 11.4. The summed E-state index contributed by atoms with van der Waals surface area (Å²) in [5, 5.41) is 0.